The summed E-state index contributed by atoms with van der Waals surface area (Å²) in [5.41, 5.74) is 3.72. The quantitative estimate of drug-likeness (QED) is 0.809. The van der Waals surface area contributed by atoms with Crippen LogP contribution in [-0.4, -0.2) is 5.91 Å². The molecule has 0 bridgehead atoms. The van der Waals surface area contributed by atoms with Gasteiger partial charge in [-0.3, -0.25) is 4.79 Å². The van der Waals surface area contributed by atoms with Gasteiger partial charge in [-0.2, -0.15) is 0 Å². The largest absolute Gasteiger partial charge is 0.322 e. The molecule has 0 spiro atoms. The minimum absolute atomic E-state index is 0.0667. The fourth-order valence-electron chi connectivity index (χ4n) is 1.84. The van der Waals surface area contributed by atoms with Gasteiger partial charge in [-0.25, -0.2) is 0 Å². The number of carbonyl (C=O) groups excluding carboxylic acids is 1. The second kappa shape index (κ2) is 5.52. The van der Waals surface area contributed by atoms with E-state index in [9.17, 15) is 4.79 Å². The summed E-state index contributed by atoms with van der Waals surface area (Å²) < 4.78 is 1.15. The normalized spacial score (nSPS) is 10.2. The van der Waals surface area contributed by atoms with Gasteiger partial charge in [-0.05, 0) is 72.8 Å². The highest BCUT2D eigenvalue weighted by molar-refractivity contribution is 14.1. The maximum Gasteiger partial charge on any atom is 0.255 e. The van der Waals surface area contributed by atoms with Crippen LogP contribution in [0.15, 0.2) is 42.5 Å². The molecule has 3 heteroatoms. The van der Waals surface area contributed by atoms with E-state index in [2.05, 4.69) is 34.0 Å². The van der Waals surface area contributed by atoms with Crippen molar-refractivity contribution < 1.29 is 4.79 Å². The molecule has 0 unspecified atom stereocenters. The first-order valence-corrected chi connectivity index (χ1v) is 6.78. The summed E-state index contributed by atoms with van der Waals surface area (Å²) in [6, 6.07) is 13.6. The Bertz CT molecular complexity index is 555. The highest BCUT2D eigenvalue weighted by Crippen LogP contribution is 2.14. The molecule has 2 rings (SSSR count). The van der Waals surface area contributed by atoms with Crippen LogP contribution in [0, 0.1) is 17.4 Å². The number of hydrogen-bond donors (Lipinski definition) is 1. The minimum Gasteiger partial charge on any atom is -0.322 e. The van der Waals surface area contributed by atoms with Crippen molar-refractivity contribution in [1.29, 1.82) is 0 Å². The van der Waals surface area contributed by atoms with E-state index in [1.54, 1.807) is 0 Å². The molecule has 2 nitrogen and oxygen atoms in total. The van der Waals surface area contributed by atoms with Gasteiger partial charge >= 0.3 is 0 Å². The first kappa shape index (κ1) is 13.1. The van der Waals surface area contributed by atoms with E-state index < -0.39 is 0 Å². The first-order chi connectivity index (χ1) is 8.54. The molecule has 92 valence electrons. The van der Waals surface area contributed by atoms with Crippen LogP contribution in [0.5, 0.6) is 0 Å². The van der Waals surface area contributed by atoms with E-state index >= 15 is 0 Å². The smallest absolute Gasteiger partial charge is 0.255 e. The number of benzene rings is 2. The van der Waals surface area contributed by atoms with Crippen molar-refractivity contribution in [3.05, 3.63) is 62.7 Å². The summed E-state index contributed by atoms with van der Waals surface area (Å²) in [5.74, 6) is -0.0667. The molecule has 0 atom stereocenters. The van der Waals surface area contributed by atoms with Gasteiger partial charge in [0.1, 0.15) is 0 Å². The van der Waals surface area contributed by atoms with E-state index in [0.29, 0.717) is 5.56 Å². The molecule has 18 heavy (non-hydrogen) atoms. The molecule has 2 aromatic rings. The van der Waals surface area contributed by atoms with E-state index in [4.69, 9.17) is 0 Å². The van der Waals surface area contributed by atoms with Gasteiger partial charge in [-0.15, -0.1) is 0 Å². The molecule has 2 aromatic carbocycles. The Morgan fingerprint density at radius 3 is 2.11 bits per heavy atom. The number of nitrogens with one attached hydrogen (secondary N) is 1. The lowest BCUT2D eigenvalue weighted by atomic mass is 10.1. The van der Waals surface area contributed by atoms with Crippen LogP contribution < -0.4 is 5.32 Å². The van der Waals surface area contributed by atoms with Crippen LogP contribution in [0.3, 0.4) is 0 Å². The fraction of sp³-hybridized carbons (Fsp3) is 0.133. The first-order valence-electron chi connectivity index (χ1n) is 5.70. The van der Waals surface area contributed by atoms with Gasteiger partial charge in [0.2, 0.25) is 0 Å². The zero-order valence-electron chi connectivity index (χ0n) is 10.3. The predicted molar refractivity (Wildman–Crippen MR) is 83.0 cm³/mol. The molecule has 0 fully saturated rings. The van der Waals surface area contributed by atoms with Crippen molar-refractivity contribution in [2.45, 2.75) is 13.8 Å². The topological polar surface area (TPSA) is 29.1 Å². The SMILES string of the molecule is Cc1cc(C)cc(C(=O)Nc2ccc(I)cc2)c1. The number of amides is 1. The zero-order valence-corrected chi connectivity index (χ0v) is 12.5. The number of aryl methyl sites for hydroxylation is 2. The number of hydrogen-bond acceptors (Lipinski definition) is 1. The van der Waals surface area contributed by atoms with Crippen LogP contribution in [0.4, 0.5) is 5.69 Å². The lowest BCUT2D eigenvalue weighted by molar-refractivity contribution is 0.102. The molecule has 0 aliphatic rings. The van der Waals surface area contributed by atoms with Crippen LogP contribution >= 0.6 is 22.6 Å². The summed E-state index contributed by atoms with van der Waals surface area (Å²) in [4.78, 5) is 12.1. The molecule has 0 aliphatic heterocycles. The average molecular weight is 351 g/mol. The molecule has 0 aromatic heterocycles. The molecule has 1 amide bonds. The van der Waals surface area contributed by atoms with E-state index in [1.165, 1.54) is 0 Å². The number of halogens is 1. The van der Waals surface area contributed by atoms with Gasteiger partial charge in [0.25, 0.3) is 5.91 Å². The third kappa shape index (κ3) is 3.32. The van der Waals surface area contributed by atoms with Crippen molar-refractivity contribution in [2.24, 2.45) is 0 Å². The van der Waals surface area contributed by atoms with Crippen LogP contribution in [0.1, 0.15) is 21.5 Å². The van der Waals surface area contributed by atoms with Gasteiger partial charge in [0.15, 0.2) is 0 Å². The minimum atomic E-state index is -0.0667. The number of rotatable bonds is 2. The van der Waals surface area contributed by atoms with E-state index in [-0.39, 0.29) is 5.91 Å². The monoisotopic (exact) mass is 351 g/mol. The maximum absolute atomic E-state index is 12.1. The highest BCUT2D eigenvalue weighted by Gasteiger charge is 2.06. The van der Waals surface area contributed by atoms with Gasteiger partial charge < -0.3 is 5.32 Å². The van der Waals surface area contributed by atoms with Crippen molar-refractivity contribution in [1.82, 2.24) is 0 Å². The molecular formula is C15H14INO. The Hall–Kier alpha value is -1.36. The van der Waals surface area contributed by atoms with Crippen LogP contribution in [0.25, 0.3) is 0 Å². The Balaban J connectivity index is 2.19. The molecule has 1 N–H and O–H groups in total. The summed E-state index contributed by atoms with van der Waals surface area (Å²) >= 11 is 2.24. The third-order valence-corrected chi connectivity index (χ3v) is 3.31. The molecule has 0 saturated heterocycles. The standard InChI is InChI=1S/C15H14INO/c1-10-7-11(2)9-12(8-10)15(18)17-14-5-3-13(16)4-6-14/h3-9H,1-2H3,(H,17,18). The molecule has 0 aliphatic carbocycles. The lowest BCUT2D eigenvalue weighted by Gasteiger charge is -2.07. The summed E-state index contributed by atoms with van der Waals surface area (Å²) in [6.07, 6.45) is 0. The lowest BCUT2D eigenvalue weighted by Crippen LogP contribution is -2.12. The third-order valence-electron chi connectivity index (χ3n) is 2.59. The predicted octanol–water partition coefficient (Wildman–Crippen LogP) is 4.16. The average Bonchev–Trinajstić information content (AvgIpc) is 2.31. The second-order valence-electron chi connectivity index (χ2n) is 4.34. The molecular weight excluding hydrogens is 337 g/mol. The van der Waals surface area contributed by atoms with Gasteiger partial charge in [0.05, 0.1) is 0 Å². The Labute approximate surface area is 121 Å². The molecule has 0 saturated carbocycles. The zero-order chi connectivity index (χ0) is 13.1. The maximum atomic E-state index is 12.1. The van der Waals surface area contributed by atoms with Crippen molar-refractivity contribution in [3.8, 4) is 0 Å². The summed E-state index contributed by atoms with van der Waals surface area (Å²) in [7, 11) is 0. The summed E-state index contributed by atoms with van der Waals surface area (Å²) in [6.45, 7) is 3.99. The number of carbonyl (C=O) groups is 1. The van der Waals surface area contributed by atoms with E-state index in [1.807, 2.05) is 50.2 Å². The van der Waals surface area contributed by atoms with Gasteiger partial charge in [0, 0.05) is 14.8 Å². The van der Waals surface area contributed by atoms with Crippen molar-refractivity contribution in [3.63, 3.8) is 0 Å². The number of anilines is 1. The van der Waals surface area contributed by atoms with Crippen LogP contribution in [0.2, 0.25) is 0 Å². The van der Waals surface area contributed by atoms with Crippen LogP contribution in [-0.2, 0) is 0 Å². The second-order valence-corrected chi connectivity index (χ2v) is 5.58. The Morgan fingerprint density at radius 2 is 1.56 bits per heavy atom. The highest BCUT2D eigenvalue weighted by atomic mass is 127. The Kier molecular flexibility index (Phi) is 4.01. The molecule has 0 heterocycles. The van der Waals surface area contributed by atoms with Gasteiger partial charge in [-0.1, -0.05) is 17.2 Å². The van der Waals surface area contributed by atoms with Crippen molar-refractivity contribution >= 4 is 34.2 Å². The fourth-order valence-corrected chi connectivity index (χ4v) is 2.20. The molecule has 0 radical (unpaired) electrons. The summed E-state index contributed by atoms with van der Waals surface area (Å²) in [5, 5.41) is 2.90. The van der Waals surface area contributed by atoms with E-state index in [0.717, 1.165) is 20.4 Å². The Morgan fingerprint density at radius 1 is 1.00 bits per heavy atom. The van der Waals surface area contributed by atoms with Crippen molar-refractivity contribution in [2.75, 3.05) is 5.32 Å².